The molecule has 7 heteroatoms. The summed E-state index contributed by atoms with van der Waals surface area (Å²) in [6.45, 7) is 0.396. The Morgan fingerprint density at radius 1 is 1.22 bits per heavy atom. The largest absolute Gasteiger partial charge is 0.504 e. The molecule has 0 bridgehead atoms. The van der Waals surface area contributed by atoms with Crippen molar-refractivity contribution in [1.82, 2.24) is 4.90 Å². The summed E-state index contributed by atoms with van der Waals surface area (Å²) in [5.74, 6) is 0.111. The van der Waals surface area contributed by atoms with Gasteiger partial charge in [-0.1, -0.05) is 30.3 Å². The van der Waals surface area contributed by atoms with Crippen molar-refractivity contribution in [2.45, 2.75) is 12.8 Å². The minimum absolute atomic E-state index is 0.0595. The molecule has 140 valence electrons. The molecule has 1 fully saturated rings. The number of thioether (sulfide) groups is 1. The van der Waals surface area contributed by atoms with Gasteiger partial charge >= 0.3 is 0 Å². The fourth-order valence-electron chi connectivity index (χ4n) is 2.76. The maximum atomic E-state index is 12.6. The number of hydrogen-bond donors (Lipinski definition) is 1. The van der Waals surface area contributed by atoms with Crippen molar-refractivity contribution in [3.63, 3.8) is 0 Å². The van der Waals surface area contributed by atoms with Crippen LogP contribution in [0.3, 0.4) is 0 Å². The van der Waals surface area contributed by atoms with E-state index >= 15 is 0 Å². The van der Waals surface area contributed by atoms with E-state index in [1.165, 1.54) is 17.6 Å². The number of imide groups is 1. The average Bonchev–Trinajstić information content (AvgIpc) is 2.92. The Bertz CT molecular complexity index is 898. The molecule has 0 unspecified atom stereocenters. The third-order valence-electron chi connectivity index (χ3n) is 4.13. The van der Waals surface area contributed by atoms with Crippen LogP contribution in [-0.2, 0) is 11.2 Å². The highest BCUT2D eigenvalue weighted by Crippen LogP contribution is 2.36. The van der Waals surface area contributed by atoms with Crippen LogP contribution >= 0.6 is 34.4 Å². The number of amides is 2. The second kappa shape index (κ2) is 8.79. The van der Waals surface area contributed by atoms with Gasteiger partial charge < -0.3 is 9.84 Å². The lowest BCUT2D eigenvalue weighted by molar-refractivity contribution is -0.122. The maximum absolute atomic E-state index is 12.6. The first kappa shape index (κ1) is 19.8. The zero-order chi connectivity index (χ0) is 19.4. The van der Waals surface area contributed by atoms with Crippen LogP contribution in [0.15, 0.2) is 47.4 Å². The molecule has 0 aliphatic carbocycles. The molecule has 1 aliphatic heterocycles. The molecule has 1 N–H and O–H groups in total. The highest BCUT2D eigenvalue weighted by molar-refractivity contribution is 14.1. The standard InChI is InChI=1S/C20H18INO4S/c1-26-16-11-14(10-15(21)18(16)23)12-17-19(24)22(20(25)27-17)9-5-8-13-6-3-2-4-7-13/h2-4,6-7,10-12,23H,5,8-9H2,1H3/b17-12-. The first-order valence-electron chi connectivity index (χ1n) is 8.35. The van der Waals surface area contributed by atoms with Gasteiger partial charge in [-0.2, -0.15) is 0 Å². The van der Waals surface area contributed by atoms with E-state index in [-0.39, 0.29) is 16.9 Å². The zero-order valence-electron chi connectivity index (χ0n) is 14.6. The number of phenols is 1. The van der Waals surface area contributed by atoms with Gasteiger partial charge in [0.15, 0.2) is 11.5 Å². The van der Waals surface area contributed by atoms with E-state index < -0.39 is 0 Å². The predicted molar refractivity (Wildman–Crippen MR) is 115 cm³/mol. The third-order valence-corrected chi connectivity index (χ3v) is 5.86. The van der Waals surface area contributed by atoms with Crippen molar-refractivity contribution in [2.24, 2.45) is 0 Å². The molecule has 1 heterocycles. The van der Waals surface area contributed by atoms with Crippen molar-refractivity contribution in [1.29, 1.82) is 0 Å². The maximum Gasteiger partial charge on any atom is 0.293 e. The van der Waals surface area contributed by atoms with Gasteiger partial charge in [-0.05, 0) is 76.5 Å². The smallest absolute Gasteiger partial charge is 0.293 e. The summed E-state index contributed by atoms with van der Waals surface area (Å²) in [6.07, 6.45) is 3.20. The SMILES string of the molecule is COc1cc(/C=C2\SC(=O)N(CCCc3ccccc3)C2=O)cc(I)c1O. The van der Waals surface area contributed by atoms with Crippen LogP contribution in [0.2, 0.25) is 0 Å². The Balaban J connectivity index is 1.70. The van der Waals surface area contributed by atoms with Crippen molar-refractivity contribution < 1.29 is 19.4 Å². The number of aromatic hydroxyl groups is 1. The lowest BCUT2D eigenvalue weighted by Crippen LogP contribution is -2.29. The van der Waals surface area contributed by atoms with Crippen molar-refractivity contribution in [2.75, 3.05) is 13.7 Å². The van der Waals surface area contributed by atoms with E-state index in [1.807, 2.05) is 52.9 Å². The number of carbonyl (C=O) groups is 2. The Morgan fingerprint density at radius 2 is 1.96 bits per heavy atom. The monoisotopic (exact) mass is 495 g/mol. The fourth-order valence-corrected chi connectivity index (χ4v) is 4.25. The van der Waals surface area contributed by atoms with Crippen LogP contribution in [0, 0.1) is 3.57 Å². The lowest BCUT2D eigenvalue weighted by atomic mass is 10.1. The molecule has 5 nitrogen and oxygen atoms in total. The molecular formula is C20H18INO4S. The van der Waals surface area contributed by atoms with Crippen molar-refractivity contribution >= 4 is 51.6 Å². The second-order valence-corrected chi connectivity index (χ2v) is 8.13. The molecule has 0 spiro atoms. The summed E-state index contributed by atoms with van der Waals surface area (Å²) >= 11 is 2.93. The first-order chi connectivity index (χ1) is 13.0. The Hall–Kier alpha value is -2.00. The van der Waals surface area contributed by atoms with Gasteiger partial charge in [0.1, 0.15) is 0 Å². The van der Waals surface area contributed by atoms with Gasteiger partial charge in [-0.3, -0.25) is 14.5 Å². The van der Waals surface area contributed by atoms with Gasteiger partial charge in [0.05, 0.1) is 15.6 Å². The van der Waals surface area contributed by atoms with E-state index in [0.717, 1.165) is 24.6 Å². The molecule has 1 aliphatic rings. The zero-order valence-corrected chi connectivity index (χ0v) is 17.6. The van der Waals surface area contributed by atoms with Crippen LogP contribution in [-0.4, -0.2) is 34.8 Å². The number of aryl methyl sites for hydroxylation is 1. The highest BCUT2D eigenvalue weighted by atomic mass is 127. The molecular weight excluding hydrogens is 477 g/mol. The number of carbonyl (C=O) groups excluding carboxylic acids is 2. The summed E-state index contributed by atoms with van der Waals surface area (Å²) in [5, 5.41) is 9.67. The van der Waals surface area contributed by atoms with Gasteiger partial charge in [-0.25, -0.2) is 0 Å². The van der Waals surface area contributed by atoms with E-state index in [2.05, 4.69) is 0 Å². The molecule has 0 atom stereocenters. The molecule has 3 rings (SSSR count). The molecule has 2 aromatic carbocycles. The summed E-state index contributed by atoms with van der Waals surface area (Å²) < 4.78 is 5.75. The number of hydrogen-bond acceptors (Lipinski definition) is 5. The van der Waals surface area contributed by atoms with Gasteiger partial charge in [0, 0.05) is 6.54 Å². The normalized spacial score (nSPS) is 15.6. The first-order valence-corrected chi connectivity index (χ1v) is 10.2. The Morgan fingerprint density at radius 3 is 2.67 bits per heavy atom. The third kappa shape index (κ3) is 4.65. The minimum atomic E-state index is -0.278. The summed E-state index contributed by atoms with van der Waals surface area (Å²) in [5.41, 5.74) is 1.88. The van der Waals surface area contributed by atoms with Crippen LogP contribution in [0.5, 0.6) is 11.5 Å². The molecule has 27 heavy (non-hydrogen) atoms. The number of ether oxygens (including phenoxy) is 1. The molecule has 2 amide bonds. The Kier molecular flexibility index (Phi) is 6.43. The van der Waals surface area contributed by atoms with Crippen LogP contribution in [0.1, 0.15) is 17.5 Å². The molecule has 0 saturated carbocycles. The number of methoxy groups -OCH3 is 1. The topological polar surface area (TPSA) is 66.8 Å². The van der Waals surface area contributed by atoms with Crippen LogP contribution < -0.4 is 4.74 Å². The molecule has 1 saturated heterocycles. The second-order valence-electron chi connectivity index (χ2n) is 5.98. The average molecular weight is 495 g/mol. The van der Waals surface area contributed by atoms with E-state index in [1.54, 1.807) is 18.2 Å². The highest BCUT2D eigenvalue weighted by Gasteiger charge is 2.34. The lowest BCUT2D eigenvalue weighted by Gasteiger charge is -2.12. The van der Waals surface area contributed by atoms with Crippen LogP contribution in [0.4, 0.5) is 4.79 Å². The summed E-state index contributed by atoms with van der Waals surface area (Å²) in [7, 11) is 1.47. The van der Waals surface area contributed by atoms with Crippen molar-refractivity contribution in [3.8, 4) is 11.5 Å². The number of rotatable bonds is 6. The molecule has 2 aromatic rings. The van der Waals surface area contributed by atoms with Gasteiger partial charge in [0.2, 0.25) is 0 Å². The molecule has 0 radical (unpaired) electrons. The summed E-state index contributed by atoms with van der Waals surface area (Å²) in [6, 6.07) is 13.4. The van der Waals surface area contributed by atoms with E-state index in [4.69, 9.17) is 4.74 Å². The number of phenolic OH excluding ortho intramolecular Hbond substituents is 1. The number of nitrogens with zero attached hydrogens (tertiary/aromatic N) is 1. The predicted octanol–water partition coefficient (Wildman–Crippen LogP) is 4.67. The van der Waals surface area contributed by atoms with E-state index in [9.17, 15) is 14.7 Å². The van der Waals surface area contributed by atoms with Gasteiger partial charge in [-0.15, -0.1) is 0 Å². The molecule has 0 aromatic heterocycles. The van der Waals surface area contributed by atoms with Crippen LogP contribution in [0.25, 0.3) is 6.08 Å². The Labute approximate surface area is 175 Å². The summed E-state index contributed by atoms with van der Waals surface area (Å²) in [4.78, 5) is 26.5. The number of halogens is 1. The minimum Gasteiger partial charge on any atom is -0.504 e. The number of benzene rings is 2. The van der Waals surface area contributed by atoms with Crippen molar-refractivity contribution in [3.05, 3.63) is 62.1 Å². The van der Waals surface area contributed by atoms with E-state index in [0.29, 0.717) is 26.3 Å². The van der Waals surface area contributed by atoms with Gasteiger partial charge in [0.25, 0.3) is 11.1 Å². The fraction of sp³-hybridized carbons (Fsp3) is 0.200. The quantitative estimate of drug-likeness (QED) is 0.466.